The van der Waals surface area contributed by atoms with Crippen molar-refractivity contribution in [2.24, 2.45) is 5.73 Å². The second-order valence-electron chi connectivity index (χ2n) is 1.96. The number of esters is 1. The van der Waals surface area contributed by atoms with Crippen molar-refractivity contribution in [3.8, 4) is 0 Å². The van der Waals surface area contributed by atoms with Gasteiger partial charge in [0.05, 0.1) is 20.3 Å². The lowest BCUT2D eigenvalue weighted by atomic mass is 10.1. The first-order chi connectivity index (χ1) is 4.60. The Balaban J connectivity index is 4.17. The first kappa shape index (κ1) is 9.35. The van der Waals surface area contributed by atoms with Crippen LogP contribution in [0.25, 0.3) is 0 Å². The van der Waals surface area contributed by atoms with Crippen LogP contribution >= 0.6 is 0 Å². The molecule has 0 unspecified atom stereocenters. The van der Waals surface area contributed by atoms with E-state index in [2.05, 4.69) is 4.74 Å². The van der Waals surface area contributed by atoms with E-state index in [1.165, 1.54) is 0 Å². The van der Waals surface area contributed by atoms with E-state index in [-0.39, 0.29) is 0 Å². The summed E-state index contributed by atoms with van der Waals surface area (Å²) in [5, 5.41) is 17.0. The average Bonchev–Trinajstić information content (AvgIpc) is 2.01. The molecule has 0 radical (unpaired) electrons. The van der Waals surface area contributed by atoms with Crippen molar-refractivity contribution in [2.45, 2.75) is 5.54 Å². The molecular weight excluding hydrogens is 138 g/mol. The van der Waals surface area contributed by atoms with Gasteiger partial charge in [0.25, 0.3) is 0 Å². The summed E-state index contributed by atoms with van der Waals surface area (Å²) in [6.45, 7) is -1.26. The number of carbonyl (C=O) groups is 1. The van der Waals surface area contributed by atoms with Gasteiger partial charge in [-0.2, -0.15) is 0 Å². The van der Waals surface area contributed by atoms with Crippen LogP contribution < -0.4 is 5.73 Å². The van der Waals surface area contributed by atoms with Crippen LogP contribution in [0.1, 0.15) is 0 Å². The maximum atomic E-state index is 10.6. The van der Waals surface area contributed by atoms with Crippen molar-refractivity contribution >= 4 is 5.97 Å². The van der Waals surface area contributed by atoms with Gasteiger partial charge in [-0.3, -0.25) is 0 Å². The summed E-state index contributed by atoms with van der Waals surface area (Å²) in [4.78, 5) is 10.6. The third-order valence-electron chi connectivity index (χ3n) is 1.16. The number of aliphatic hydroxyl groups excluding tert-OH is 2. The van der Waals surface area contributed by atoms with Crippen LogP contribution in [0.5, 0.6) is 0 Å². The fourth-order valence-electron chi connectivity index (χ4n) is 0.382. The normalized spacial score (nSPS) is 11.2. The summed E-state index contributed by atoms with van der Waals surface area (Å²) < 4.78 is 4.21. The molecule has 10 heavy (non-hydrogen) atoms. The number of ether oxygens (including phenoxy) is 1. The molecule has 0 saturated heterocycles. The lowest BCUT2D eigenvalue weighted by molar-refractivity contribution is -0.150. The number of nitrogens with two attached hydrogens (primary N) is 1. The Hall–Kier alpha value is -0.650. The van der Waals surface area contributed by atoms with Gasteiger partial charge >= 0.3 is 5.97 Å². The SMILES string of the molecule is COC(=O)C(N)(CO)CO. The maximum absolute atomic E-state index is 10.6. The summed E-state index contributed by atoms with van der Waals surface area (Å²) in [7, 11) is 1.13. The fraction of sp³-hybridized carbons (Fsp3) is 0.800. The summed E-state index contributed by atoms with van der Waals surface area (Å²) in [6.07, 6.45) is 0. The molecule has 0 saturated carbocycles. The largest absolute Gasteiger partial charge is 0.468 e. The molecule has 0 amide bonds. The molecule has 0 aromatic carbocycles. The number of carbonyl (C=O) groups excluding carboxylic acids is 1. The molecule has 0 rings (SSSR count). The minimum atomic E-state index is -1.66. The smallest absolute Gasteiger partial charge is 0.330 e. The molecule has 0 spiro atoms. The van der Waals surface area contributed by atoms with Gasteiger partial charge in [0.2, 0.25) is 0 Å². The van der Waals surface area contributed by atoms with Gasteiger partial charge in [0, 0.05) is 0 Å². The van der Waals surface area contributed by atoms with Crippen molar-refractivity contribution in [3.05, 3.63) is 0 Å². The second-order valence-corrected chi connectivity index (χ2v) is 1.96. The maximum Gasteiger partial charge on any atom is 0.330 e. The molecule has 0 fully saturated rings. The van der Waals surface area contributed by atoms with Gasteiger partial charge in [-0.25, -0.2) is 4.79 Å². The highest BCUT2D eigenvalue weighted by atomic mass is 16.5. The molecule has 60 valence electrons. The minimum Gasteiger partial charge on any atom is -0.468 e. The Kier molecular flexibility index (Phi) is 3.27. The van der Waals surface area contributed by atoms with E-state index in [1.807, 2.05) is 0 Å². The van der Waals surface area contributed by atoms with E-state index in [0.29, 0.717) is 0 Å². The number of aliphatic hydroxyl groups is 2. The van der Waals surface area contributed by atoms with E-state index in [4.69, 9.17) is 15.9 Å². The highest BCUT2D eigenvalue weighted by molar-refractivity contribution is 5.80. The molecule has 0 aliphatic heterocycles. The monoisotopic (exact) mass is 149 g/mol. The Morgan fingerprint density at radius 3 is 2.10 bits per heavy atom. The van der Waals surface area contributed by atoms with Gasteiger partial charge in [-0.05, 0) is 0 Å². The van der Waals surface area contributed by atoms with Crippen LogP contribution in [0.3, 0.4) is 0 Å². The van der Waals surface area contributed by atoms with Gasteiger partial charge in [0.15, 0.2) is 5.54 Å². The molecule has 0 heterocycles. The van der Waals surface area contributed by atoms with Crippen LogP contribution in [-0.4, -0.2) is 42.0 Å². The molecule has 0 aliphatic rings. The third kappa shape index (κ3) is 1.66. The Morgan fingerprint density at radius 2 is 2.00 bits per heavy atom. The number of methoxy groups -OCH3 is 1. The van der Waals surface area contributed by atoms with E-state index in [9.17, 15) is 4.79 Å². The van der Waals surface area contributed by atoms with Crippen molar-refractivity contribution in [2.75, 3.05) is 20.3 Å². The third-order valence-corrected chi connectivity index (χ3v) is 1.16. The second kappa shape index (κ2) is 3.50. The zero-order valence-corrected chi connectivity index (χ0v) is 5.70. The molecule has 4 N–H and O–H groups in total. The van der Waals surface area contributed by atoms with Crippen molar-refractivity contribution in [1.29, 1.82) is 0 Å². The zero-order chi connectivity index (χ0) is 8.20. The average molecular weight is 149 g/mol. The molecular formula is C5H11NO4. The summed E-state index contributed by atoms with van der Waals surface area (Å²) in [5.74, 6) is -0.822. The van der Waals surface area contributed by atoms with E-state index >= 15 is 0 Å². The molecule has 5 nitrogen and oxygen atoms in total. The van der Waals surface area contributed by atoms with Crippen LogP contribution in [-0.2, 0) is 9.53 Å². The van der Waals surface area contributed by atoms with Crippen molar-refractivity contribution < 1.29 is 19.7 Å². The summed E-state index contributed by atoms with van der Waals surface area (Å²) in [6, 6.07) is 0. The van der Waals surface area contributed by atoms with Crippen molar-refractivity contribution in [3.63, 3.8) is 0 Å². The summed E-state index contributed by atoms with van der Waals surface area (Å²) in [5.41, 5.74) is 3.52. The first-order valence-corrected chi connectivity index (χ1v) is 2.69. The molecule has 0 aromatic heterocycles. The number of hydrogen-bond donors (Lipinski definition) is 3. The van der Waals surface area contributed by atoms with E-state index in [0.717, 1.165) is 7.11 Å². The van der Waals surface area contributed by atoms with Gasteiger partial charge in [-0.1, -0.05) is 0 Å². The highest BCUT2D eigenvalue weighted by Gasteiger charge is 2.33. The highest BCUT2D eigenvalue weighted by Crippen LogP contribution is 1.99. The van der Waals surface area contributed by atoms with E-state index in [1.54, 1.807) is 0 Å². The van der Waals surface area contributed by atoms with Crippen LogP contribution in [0.2, 0.25) is 0 Å². The van der Waals surface area contributed by atoms with Gasteiger partial charge < -0.3 is 20.7 Å². The predicted molar refractivity (Wildman–Crippen MR) is 33.1 cm³/mol. The Bertz CT molecular complexity index is 121. The lowest BCUT2D eigenvalue weighted by Crippen LogP contribution is -2.55. The fourth-order valence-corrected chi connectivity index (χ4v) is 0.382. The quantitative estimate of drug-likeness (QED) is 0.397. The van der Waals surface area contributed by atoms with Crippen LogP contribution in [0.15, 0.2) is 0 Å². The lowest BCUT2D eigenvalue weighted by Gasteiger charge is -2.20. The molecule has 0 aromatic rings. The topological polar surface area (TPSA) is 92.8 Å². The number of rotatable bonds is 3. The molecule has 5 heteroatoms. The van der Waals surface area contributed by atoms with Crippen LogP contribution in [0.4, 0.5) is 0 Å². The van der Waals surface area contributed by atoms with Crippen molar-refractivity contribution in [1.82, 2.24) is 0 Å². The van der Waals surface area contributed by atoms with Gasteiger partial charge in [-0.15, -0.1) is 0 Å². The summed E-state index contributed by atoms with van der Waals surface area (Å²) >= 11 is 0. The van der Waals surface area contributed by atoms with Gasteiger partial charge in [0.1, 0.15) is 0 Å². The Morgan fingerprint density at radius 1 is 1.60 bits per heavy atom. The van der Waals surface area contributed by atoms with E-state index < -0.39 is 24.7 Å². The predicted octanol–water partition coefficient (Wildman–Crippen LogP) is -2.16. The minimum absolute atomic E-state index is 0.629. The molecule has 0 aliphatic carbocycles. The molecule has 0 bridgehead atoms. The number of hydrogen-bond acceptors (Lipinski definition) is 5. The Labute approximate surface area is 58.4 Å². The standard InChI is InChI=1S/C5H11NO4/c1-10-4(9)5(6,2-7)3-8/h7-8H,2-3,6H2,1H3. The first-order valence-electron chi connectivity index (χ1n) is 2.69. The zero-order valence-electron chi connectivity index (χ0n) is 5.70. The van der Waals surface area contributed by atoms with Crippen LogP contribution in [0, 0.1) is 0 Å². The molecule has 0 atom stereocenters.